The highest BCUT2D eigenvalue weighted by Crippen LogP contribution is 2.20. The maximum atomic E-state index is 12.3. The minimum absolute atomic E-state index is 0.0382. The smallest absolute Gasteiger partial charge is 0.253 e. The lowest BCUT2D eigenvalue weighted by Gasteiger charge is -2.16. The lowest BCUT2D eigenvalue weighted by molar-refractivity contribution is 0.0893. The number of nitrogen functional groups attached to an aromatic ring is 1. The first-order valence-electron chi connectivity index (χ1n) is 6.82. The largest absolute Gasteiger partial charge is 0.399 e. The minimum Gasteiger partial charge on any atom is -0.399 e. The number of rotatable bonds is 6. The van der Waals surface area contributed by atoms with Gasteiger partial charge in [-0.3, -0.25) is 4.79 Å². The van der Waals surface area contributed by atoms with E-state index in [0.29, 0.717) is 17.9 Å². The summed E-state index contributed by atoms with van der Waals surface area (Å²) in [5.74, 6) is -0.0866. The van der Waals surface area contributed by atoms with Gasteiger partial charge in [0.25, 0.3) is 5.91 Å². The van der Waals surface area contributed by atoms with Crippen molar-refractivity contribution in [1.29, 1.82) is 0 Å². The SMILES string of the molecule is CCCC(COC)NC(=O)c1c[nH]c2cc(N)ccc12. The molecule has 1 heterocycles. The lowest BCUT2D eigenvalue weighted by atomic mass is 10.1. The van der Waals surface area contributed by atoms with Gasteiger partial charge in [0.05, 0.1) is 18.2 Å². The highest BCUT2D eigenvalue weighted by atomic mass is 16.5. The van der Waals surface area contributed by atoms with Crippen LogP contribution in [0.4, 0.5) is 5.69 Å². The Kier molecular flexibility index (Phi) is 4.63. The lowest BCUT2D eigenvalue weighted by Crippen LogP contribution is -2.37. The fourth-order valence-electron chi connectivity index (χ4n) is 2.34. The molecule has 0 aliphatic rings. The van der Waals surface area contributed by atoms with E-state index >= 15 is 0 Å². The van der Waals surface area contributed by atoms with Crippen LogP contribution in [0.25, 0.3) is 10.9 Å². The summed E-state index contributed by atoms with van der Waals surface area (Å²) >= 11 is 0. The number of carbonyl (C=O) groups is 1. The third kappa shape index (κ3) is 3.11. The minimum atomic E-state index is -0.0866. The van der Waals surface area contributed by atoms with E-state index in [1.807, 2.05) is 12.1 Å². The zero-order valence-corrected chi connectivity index (χ0v) is 11.9. The van der Waals surface area contributed by atoms with Crippen LogP contribution in [0, 0.1) is 0 Å². The van der Waals surface area contributed by atoms with Gasteiger partial charge in [-0.05, 0) is 24.6 Å². The first-order chi connectivity index (χ1) is 9.65. The van der Waals surface area contributed by atoms with Gasteiger partial charge in [0.2, 0.25) is 0 Å². The Hall–Kier alpha value is -2.01. The number of anilines is 1. The summed E-state index contributed by atoms with van der Waals surface area (Å²) in [6.45, 7) is 2.61. The quantitative estimate of drug-likeness (QED) is 0.708. The molecule has 0 fully saturated rings. The van der Waals surface area contributed by atoms with Crippen LogP contribution in [0.2, 0.25) is 0 Å². The van der Waals surface area contributed by atoms with Crippen LogP contribution in [-0.4, -0.2) is 30.6 Å². The first kappa shape index (κ1) is 14.4. The Morgan fingerprint density at radius 1 is 1.50 bits per heavy atom. The molecule has 0 aliphatic heterocycles. The van der Waals surface area contributed by atoms with Crippen LogP contribution in [0.3, 0.4) is 0 Å². The zero-order chi connectivity index (χ0) is 14.5. The standard InChI is InChI=1S/C15H21N3O2/c1-3-4-11(9-20-2)18-15(19)13-8-17-14-7-10(16)5-6-12(13)14/h5-8,11,17H,3-4,9,16H2,1-2H3,(H,18,19). The van der Waals surface area contributed by atoms with Crippen molar-refractivity contribution in [2.24, 2.45) is 0 Å². The molecule has 2 aromatic rings. The van der Waals surface area contributed by atoms with Crippen molar-refractivity contribution in [3.63, 3.8) is 0 Å². The number of hydrogen-bond acceptors (Lipinski definition) is 3. The number of H-pyrrole nitrogens is 1. The van der Waals surface area contributed by atoms with E-state index < -0.39 is 0 Å². The van der Waals surface area contributed by atoms with Gasteiger partial charge in [0.15, 0.2) is 0 Å². The zero-order valence-electron chi connectivity index (χ0n) is 11.9. The van der Waals surface area contributed by atoms with E-state index in [9.17, 15) is 4.79 Å². The van der Waals surface area contributed by atoms with Crippen LogP contribution in [-0.2, 0) is 4.74 Å². The van der Waals surface area contributed by atoms with Crippen molar-refractivity contribution in [1.82, 2.24) is 10.3 Å². The molecule has 2 rings (SSSR count). The molecule has 0 bridgehead atoms. The molecule has 1 atom stereocenters. The van der Waals surface area contributed by atoms with Crippen LogP contribution >= 0.6 is 0 Å². The summed E-state index contributed by atoms with van der Waals surface area (Å²) in [5, 5.41) is 3.89. The molecule has 20 heavy (non-hydrogen) atoms. The van der Waals surface area contributed by atoms with Crippen molar-refractivity contribution in [3.8, 4) is 0 Å². The Balaban J connectivity index is 2.18. The monoisotopic (exact) mass is 275 g/mol. The fourth-order valence-corrected chi connectivity index (χ4v) is 2.34. The van der Waals surface area contributed by atoms with Gasteiger partial charge in [-0.2, -0.15) is 0 Å². The van der Waals surface area contributed by atoms with Crippen molar-refractivity contribution >= 4 is 22.5 Å². The van der Waals surface area contributed by atoms with E-state index in [4.69, 9.17) is 10.5 Å². The van der Waals surface area contributed by atoms with Gasteiger partial charge >= 0.3 is 0 Å². The number of aromatic nitrogens is 1. The molecule has 1 aromatic carbocycles. The molecule has 1 amide bonds. The van der Waals surface area contributed by atoms with Crippen molar-refractivity contribution in [3.05, 3.63) is 30.0 Å². The number of benzene rings is 1. The molecule has 0 saturated carbocycles. The van der Waals surface area contributed by atoms with Gasteiger partial charge in [0, 0.05) is 29.9 Å². The number of methoxy groups -OCH3 is 1. The predicted octanol–water partition coefficient (Wildman–Crippen LogP) is 2.29. The maximum absolute atomic E-state index is 12.3. The van der Waals surface area contributed by atoms with Gasteiger partial charge in [-0.25, -0.2) is 0 Å². The Morgan fingerprint density at radius 2 is 2.30 bits per heavy atom. The molecule has 4 N–H and O–H groups in total. The van der Waals surface area contributed by atoms with E-state index in [0.717, 1.165) is 23.7 Å². The number of fused-ring (bicyclic) bond motifs is 1. The highest BCUT2D eigenvalue weighted by molar-refractivity contribution is 6.07. The van der Waals surface area contributed by atoms with Crippen LogP contribution in [0.1, 0.15) is 30.1 Å². The second kappa shape index (κ2) is 6.43. The number of aromatic amines is 1. The van der Waals surface area contributed by atoms with Gasteiger partial charge in [-0.15, -0.1) is 0 Å². The van der Waals surface area contributed by atoms with E-state index in [1.54, 1.807) is 19.4 Å². The molecule has 1 aromatic heterocycles. The molecule has 5 heteroatoms. The fraction of sp³-hybridized carbons (Fsp3) is 0.400. The van der Waals surface area contributed by atoms with E-state index in [2.05, 4.69) is 17.2 Å². The normalized spacial score (nSPS) is 12.5. The Bertz CT molecular complexity index is 586. The molecule has 5 nitrogen and oxygen atoms in total. The number of ether oxygens (including phenoxy) is 1. The number of nitrogens with one attached hydrogen (secondary N) is 2. The van der Waals surface area contributed by atoms with Crippen molar-refractivity contribution in [2.75, 3.05) is 19.5 Å². The Labute approximate surface area is 118 Å². The second-order valence-electron chi connectivity index (χ2n) is 4.92. The second-order valence-corrected chi connectivity index (χ2v) is 4.92. The number of hydrogen-bond donors (Lipinski definition) is 3. The first-order valence-corrected chi connectivity index (χ1v) is 6.82. The van der Waals surface area contributed by atoms with Crippen molar-refractivity contribution < 1.29 is 9.53 Å². The molecular formula is C15H21N3O2. The molecule has 0 spiro atoms. The molecule has 108 valence electrons. The van der Waals surface area contributed by atoms with E-state index in [1.165, 1.54) is 0 Å². The molecule has 1 unspecified atom stereocenters. The molecule has 0 radical (unpaired) electrons. The molecule has 0 saturated heterocycles. The predicted molar refractivity (Wildman–Crippen MR) is 80.7 cm³/mol. The van der Waals surface area contributed by atoms with Gasteiger partial charge < -0.3 is 20.8 Å². The summed E-state index contributed by atoms with van der Waals surface area (Å²) in [4.78, 5) is 15.4. The molecule has 0 aliphatic carbocycles. The summed E-state index contributed by atoms with van der Waals surface area (Å²) < 4.78 is 5.14. The average molecular weight is 275 g/mol. The van der Waals surface area contributed by atoms with E-state index in [-0.39, 0.29) is 11.9 Å². The summed E-state index contributed by atoms with van der Waals surface area (Å²) in [6.07, 6.45) is 3.61. The average Bonchev–Trinajstić information content (AvgIpc) is 2.82. The van der Waals surface area contributed by atoms with Crippen LogP contribution in [0.5, 0.6) is 0 Å². The Morgan fingerprint density at radius 3 is 3.00 bits per heavy atom. The maximum Gasteiger partial charge on any atom is 0.253 e. The molecular weight excluding hydrogens is 254 g/mol. The topological polar surface area (TPSA) is 80.1 Å². The third-order valence-electron chi connectivity index (χ3n) is 3.29. The van der Waals surface area contributed by atoms with Crippen LogP contribution in [0.15, 0.2) is 24.4 Å². The summed E-state index contributed by atoms with van der Waals surface area (Å²) in [7, 11) is 1.64. The van der Waals surface area contributed by atoms with Crippen molar-refractivity contribution in [2.45, 2.75) is 25.8 Å². The van der Waals surface area contributed by atoms with Gasteiger partial charge in [-0.1, -0.05) is 13.3 Å². The number of nitrogens with two attached hydrogens (primary N) is 1. The summed E-state index contributed by atoms with van der Waals surface area (Å²) in [6, 6.07) is 5.52. The number of carbonyl (C=O) groups excluding carboxylic acids is 1. The highest BCUT2D eigenvalue weighted by Gasteiger charge is 2.16. The number of amides is 1. The van der Waals surface area contributed by atoms with Crippen LogP contribution < -0.4 is 11.1 Å². The summed E-state index contributed by atoms with van der Waals surface area (Å²) in [5.41, 5.74) is 7.91. The van der Waals surface area contributed by atoms with Gasteiger partial charge in [0.1, 0.15) is 0 Å². The third-order valence-corrected chi connectivity index (χ3v) is 3.29.